The largest absolute Gasteiger partial charge is 0.100 e. The molecule has 0 atom stereocenters. The first-order valence-corrected chi connectivity index (χ1v) is 4.91. The lowest BCUT2D eigenvalue weighted by atomic mass is 10.3. The van der Waals surface area contributed by atoms with Crippen molar-refractivity contribution < 1.29 is 0 Å². The third-order valence-corrected chi connectivity index (χ3v) is 0.604. The van der Waals surface area contributed by atoms with Crippen LogP contribution in [0.25, 0.3) is 0 Å². The molecule has 0 amide bonds. The van der Waals surface area contributed by atoms with Crippen LogP contribution in [0.1, 0.15) is 61.8 Å². The van der Waals surface area contributed by atoms with Crippen LogP contribution in [0, 0.1) is 0 Å². The molecule has 0 saturated heterocycles. The van der Waals surface area contributed by atoms with Crippen LogP contribution < -0.4 is 0 Å². The first-order valence-electron chi connectivity index (χ1n) is 4.91. The van der Waals surface area contributed by atoms with Gasteiger partial charge in [0.25, 0.3) is 0 Å². The first kappa shape index (κ1) is 22.4. The van der Waals surface area contributed by atoms with Crippen LogP contribution in [0.5, 0.6) is 0 Å². The lowest BCUT2D eigenvalue weighted by molar-refractivity contribution is 1.11. The average Bonchev–Trinajstić information content (AvgIpc) is 2.15. The van der Waals surface area contributed by atoms with Gasteiger partial charge in [-0.25, -0.2) is 0 Å². The first-order chi connectivity index (χ1) is 5.27. The van der Waals surface area contributed by atoms with Gasteiger partial charge >= 0.3 is 0 Å². The minimum Gasteiger partial charge on any atom is -0.100 e. The zero-order chi connectivity index (χ0) is 10.3. The quantitative estimate of drug-likeness (QED) is 0.471. The maximum absolute atomic E-state index is 3.67. The van der Waals surface area contributed by atoms with Crippen LogP contribution in [-0.2, 0) is 0 Å². The van der Waals surface area contributed by atoms with Gasteiger partial charge in [0, 0.05) is 0 Å². The van der Waals surface area contributed by atoms with Gasteiger partial charge in [-0.3, -0.25) is 0 Å². The van der Waals surface area contributed by atoms with Gasteiger partial charge in [-0.1, -0.05) is 54.0 Å². The molecule has 0 spiro atoms. The maximum Gasteiger partial charge on any atom is -0.0354 e. The van der Waals surface area contributed by atoms with E-state index in [1.54, 1.807) is 0 Å². The van der Waals surface area contributed by atoms with Crippen molar-refractivity contribution in [2.24, 2.45) is 0 Å². The van der Waals surface area contributed by atoms with Gasteiger partial charge in [0.1, 0.15) is 0 Å². The Balaban J connectivity index is -0.0000000350. The van der Waals surface area contributed by atoms with E-state index >= 15 is 0 Å². The highest BCUT2D eigenvalue weighted by Gasteiger charge is 1.67. The zero-order valence-electron chi connectivity index (χ0n) is 9.91. The average molecular weight is 160 g/mol. The van der Waals surface area contributed by atoms with Gasteiger partial charge in [-0.05, 0) is 13.3 Å². The molecule has 0 rings (SSSR count). The third-order valence-electron chi connectivity index (χ3n) is 0.604. The summed E-state index contributed by atoms with van der Waals surface area (Å²) in [5, 5.41) is 0. The van der Waals surface area contributed by atoms with Crippen molar-refractivity contribution in [2.45, 2.75) is 61.8 Å². The fourth-order valence-corrected chi connectivity index (χ4v) is 0. The molecule has 11 heavy (non-hydrogen) atoms. The molecule has 0 heteroatoms. The van der Waals surface area contributed by atoms with Crippen molar-refractivity contribution in [1.29, 1.82) is 0 Å². The summed E-state index contributed by atoms with van der Waals surface area (Å²) in [6.45, 7) is 19.8. The minimum atomic E-state index is 1.11. The second-order valence-corrected chi connectivity index (χ2v) is 1.31. The summed E-state index contributed by atoms with van der Waals surface area (Å²) in [6.07, 6.45) is 1.11. The van der Waals surface area contributed by atoms with E-state index in [0.717, 1.165) is 6.42 Å². The van der Waals surface area contributed by atoms with E-state index in [1.807, 2.05) is 48.5 Å². The van der Waals surface area contributed by atoms with E-state index in [0.29, 0.717) is 0 Å². The Labute approximate surface area is 74.7 Å². The molecular formula is C11H28. The smallest absolute Gasteiger partial charge is 0.0354 e. The molecule has 0 nitrogen and oxygen atoms in total. The molecule has 0 heterocycles. The van der Waals surface area contributed by atoms with E-state index in [-0.39, 0.29) is 0 Å². The molecule has 0 radical (unpaired) electrons. The fourth-order valence-electron chi connectivity index (χ4n) is 0. The van der Waals surface area contributed by atoms with E-state index in [2.05, 4.69) is 13.5 Å². The highest BCUT2D eigenvalue weighted by atomic mass is 13.7. The molecule has 72 valence electrons. The molecule has 0 aromatic heterocycles. The van der Waals surface area contributed by atoms with Crippen molar-refractivity contribution in [3.05, 3.63) is 12.2 Å². The lowest BCUT2D eigenvalue weighted by Gasteiger charge is -1.79. The number of rotatable bonds is 1. The Kier molecular flexibility index (Phi) is 108. The summed E-state index contributed by atoms with van der Waals surface area (Å²) < 4.78 is 0. The van der Waals surface area contributed by atoms with Crippen molar-refractivity contribution in [3.63, 3.8) is 0 Å². The van der Waals surface area contributed by atoms with Gasteiger partial charge < -0.3 is 0 Å². The van der Waals surface area contributed by atoms with Gasteiger partial charge in [0.15, 0.2) is 0 Å². The summed E-state index contributed by atoms with van der Waals surface area (Å²) in [5.74, 6) is 0. The molecule has 0 aliphatic heterocycles. The standard InChI is InChI=1S/C5H10.3C2H6/c1-4-5(2)3;3*1-2/h2,4H2,1,3H3;3*1-2H3. The highest BCUT2D eigenvalue weighted by Crippen LogP contribution is 1.88. The molecule has 0 N–H and O–H groups in total. The molecule has 0 fully saturated rings. The van der Waals surface area contributed by atoms with E-state index in [9.17, 15) is 0 Å². The second kappa shape index (κ2) is 53.2. The predicted molar refractivity (Wildman–Crippen MR) is 59.1 cm³/mol. The fraction of sp³-hybridized carbons (Fsp3) is 0.818. The number of hydrogen-bond donors (Lipinski definition) is 0. The van der Waals surface area contributed by atoms with E-state index in [1.165, 1.54) is 5.57 Å². The summed E-state index contributed by atoms with van der Waals surface area (Å²) in [7, 11) is 0. The van der Waals surface area contributed by atoms with Crippen LogP contribution in [0.2, 0.25) is 0 Å². The van der Waals surface area contributed by atoms with Crippen LogP contribution in [0.3, 0.4) is 0 Å². The van der Waals surface area contributed by atoms with Gasteiger partial charge in [-0.2, -0.15) is 0 Å². The van der Waals surface area contributed by atoms with Crippen LogP contribution in [-0.4, -0.2) is 0 Å². The number of hydrogen-bond acceptors (Lipinski definition) is 0. The molecular weight excluding hydrogens is 132 g/mol. The summed E-state index contributed by atoms with van der Waals surface area (Å²) in [5.41, 5.74) is 1.25. The van der Waals surface area contributed by atoms with Crippen LogP contribution >= 0.6 is 0 Å². The van der Waals surface area contributed by atoms with Crippen molar-refractivity contribution in [2.75, 3.05) is 0 Å². The van der Waals surface area contributed by atoms with Gasteiger partial charge in [0.2, 0.25) is 0 Å². The van der Waals surface area contributed by atoms with Crippen molar-refractivity contribution >= 4 is 0 Å². The summed E-state index contributed by atoms with van der Waals surface area (Å²) in [4.78, 5) is 0. The van der Waals surface area contributed by atoms with Crippen molar-refractivity contribution in [1.82, 2.24) is 0 Å². The summed E-state index contributed by atoms with van der Waals surface area (Å²) in [6, 6.07) is 0. The Bertz CT molecular complexity index is 35.3. The second-order valence-electron chi connectivity index (χ2n) is 1.31. The number of allylic oxidation sites excluding steroid dienone is 1. The van der Waals surface area contributed by atoms with E-state index < -0.39 is 0 Å². The summed E-state index contributed by atoms with van der Waals surface area (Å²) >= 11 is 0. The molecule has 0 aromatic carbocycles. The monoisotopic (exact) mass is 160 g/mol. The maximum atomic E-state index is 3.67. The molecule has 0 aliphatic rings. The zero-order valence-corrected chi connectivity index (χ0v) is 9.91. The topological polar surface area (TPSA) is 0 Å². The molecule has 0 aliphatic carbocycles. The van der Waals surface area contributed by atoms with Gasteiger partial charge in [0.05, 0.1) is 0 Å². The Morgan fingerprint density at radius 1 is 0.909 bits per heavy atom. The van der Waals surface area contributed by atoms with E-state index in [4.69, 9.17) is 0 Å². The molecule has 0 aromatic rings. The molecule has 0 unspecified atom stereocenters. The Morgan fingerprint density at radius 3 is 1.00 bits per heavy atom. The van der Waals surface area contributed by atoms with Gasteiger partial charge in [-0.15, -0.1) is 6.58 Å². The van der Waals surface area contributed by atoms with Crippen molar-refractivity contribution in [3.8, 4) is 0 Å². The Morgan fingerprint density at radius 2 is 1.00 bits per heavy atom. The van der Waals surface area contributed by atoms with Crippen LogP contribution in [0.4, 0.5) is 0 Å². The van der Waals surface area contributed by atoms with Crippen LogP contribution in [0.15, 0.2) is 12.2 Å². The minimum absolute atomic E-state index is 1.11. The SMILES string of the molecule is C=C(C)CC.CC.CC.CC. The molecule has 0 bridgehead atoms. The highest BCUT2D eigenvalue weighted by molar-refractivity contribution is 4.84. The molecule has 0 saturated carbocycles. The third kappa shape index (κ3) is 193. The normalized spacial score (nSPS) is 5.09. The lowest BCUT2D eigenvalue weighted by Crippen LogP contribution is -1.58. The predicted octanol–water partition coefficient (Wildman–Crippen LogP) is 5.05. The Hall–Kier alpha value is -0.260.